The molecule has 0 bridgehead atoms. The van der Waals surface area contributed by atoms with Gasteiger partial charge in [0.25, 0.3) is 0 Å². The van der Waals surface area contributed by atoms with E-state index < -0.39 is 23.7 Å². The molecule has 0 rings (SSSR count). The van der Waals surface area contributed by atoms with Crippen LogP contribution in [-0.4, -0.2) is 52.9 Å². The lowest BCUT2D eigenvalue weighted by molar-refractivity contribution is -0.141. The molecule has 1 atom stereocenters. The molecule has 0 spiro atoms. The highest BCUT2D eigenvalue weighted by Crippen LogP contribution is 2.09. The first-order chi connectivity index (χ1) is 9.61. The summed E-state index contributed by atoms with van der Waals surface area (Å²) in [6.45, 7) is 6.74. The van der Waals surface area contributed by atoms with Crippen LogP contribution in [0, 0.1) is 0 Å². The van der Waals surface area contributed by atoms with Crippen LogP contribution in [0.2, 0.25) is 0 Å². The van der Waals surface area contributed by atoms with E-state index in [0.717, 1.165) is 0 Å². The van der Waals surface area contributed by atoms with Crippen LogP contribution < -0.4 is 5.32 Å². The Balaban J connectivity index is 4.01. The van der Waals surface area contributed by atoms with E-state index in [4.69, 9.17) is 14.6 Å². The maximum Gasteiger partial charge on any atom is 0.408 e. The third-order valence-electron chi connectivity index (χ3n) is 2.01. The number of carbonyl (C=O) groups is 3. The molecular formula is C13H23NO6S. The third-order valence-corrected chi connectivity index (χ3v) is 3.16. The monoisotopic (exact) mass is 321 g/mol. The van der Waals surface area contributed by atoms with Gasteiger partial charge in [-0.15, -0.1) is 0 Å². The number of alkyl carbamates (subject to hydrolysis) is 1. The summed E-state index contributed by atoms with van der Waals surface area (Å²) in [5.74, 6) is -0.606. The Kier molecular flexibility index (Phi) is 8.84. The lowest BCUT2D eigenvalue weighted by Crippen LogP contribution is -2.45. The molecule has 0 aromatic heterocycles. The molecule has 0 heterocycles. The molecule has 0 radical (unpaired) electrons. The molecule has 0 saturated heterocycles. The van der Waals surface area contributed by atoms with Gasteiger partial charge < -0.3 is 19.9 Å². The van der Waals surface area contributed by atoms with Crippen molar-refractivity contribution < 1.29 is 29.0 Å². The summed E-state index contributed by atoms with van der Waals surface area (Å²) in [4.78, 5) is 33.1. The minimum Gasteiger partial charge on any atom is -0.480 e. The number of nitrogens with one attached hydrogen (secondary N) is 1. The second-order valence-corrected chi connectivity index (χ2v) is 6.46. The van der Waals surface area contributed by atoms with Crippen molar-refractivity contribution in [2.75, 3.05) is 18.1 Å². The van der Waals surface area contributed by atoms with Crippen LogP contribution in [-0.2, 0) is 19.1 Å². The highest BCUT2D eigenvalue weighted by molar-refractivity contribution is 7.99. The number of carboxylic acid groups (broad SMARTS) is 1. The standard InChI is InChI=1S/C13H23NO6S/c1-9(15)19-6-5-7-21-8-10(11(16)17)14-12(18)20-13(2,3)4/h10H,5-8H2,1-4H3,(H,14,18)(H,16,17)/t10-/m0/s1. The van der Waals surface area contributed by atoms with Gasteiger partial charge in [0.15, 0.2) is 0 Å². The number of carboxylic acids is 1. The number of ether oxygens (including phenoxy) is 2. The van der Waals surface area contributed by atoms with Gasteiger partial charge in [-0.1, -0.05) is 0 Å². The minimum absolute atomic E-state index is 0.217. The topological polar surface area (TPSA) is 102 Å². The SMILES string of the molecule is CC(=O)OCCCSC[C@H](NC(=O)OC(C)(C)C)C(=O)O. The zero-order valence-electron chi connectivity index (χ0n) is 12.8. The van der Waals surface area contributed by atoms with Gasteiger partial charge in [-0.3, -0.25) is 4.79 Å². The highest BCUT2D eigenvalue weighted by Gasteiger charge is 2.23. The number of aliphatic carboxylic acids is 1. The Bertz CT molecular complexity index is 366. The Morgan fingerprint density at radius 1 is 1.29 bits per heavy atom. The predicted octanol–water partition coefficient (Wildman–Crippen LogP) is 1.65. The van der Waals surface area contributed by atoms with Crippen molar-refractivity contribution in [1.82, 2.24) is 5.32 Å². The molecule has 0 aliphatic heterocycles. The van der Waals surface area contributed by atoms with E-state index in [1.807, 2.05) is 0 Å². The van der Waals surface area contributed by atoms with Crippen molar-refractivity contribution in [2.45, 2.75) is 45.8 Å². The summed E-state index contributed by atoms with van der Waals surface area (Å²) < 4.78 is 9.77. The predicted molar refractivity (Wildman–Crippen MR) is 79.4 cm³/mol. The number of hydrogen-bond donors (Lipinski definition) is 2. The van der Waals surface area contributed by atoms with E-state index in [2.05, 4.69) is 5.32 Å². The number of amides is 1. The van der Waals surface area contributed by atoms with Crippen molar-refractivity contribution in [3.63, 3.8) is 0 Å². The first kappa shape index (κ1) is 19.6. The van der Waals surface area contributed by atoms with Gasteiger partial charge in [0.1, 0.15) is 11.6 Å². The van der Waals surface area contributed by atoms with Crippen LogP contribution in [0.5, 0.6) is 0 Å². The molecular weight excluding hydrogens is 298 g/mol. The van der Waals surface area contributed by atoms with E-state index in [9.17, 15) is 14.4 Å². The fraction of sp³-hybridized carbons (Fsp3) is 0.769. The van der Waals surface area contributed by atoms with Crippen molar-refractivity contribution in [3.8, 4) is 0 Å². The largest absolute Gasteiger partial charge is 0.480 e. The molecule has 21 heavy (non-hydrogen) atoms. The summed E-state index contributed by atoms with van der Waals surface area (Å²) in [5.41, 5.74) is -0.676. The van der Waals surface area contributed by atoms with E-state index in [1.54, 1.807) is 20.8 Å². The molecule has 0 aliphatic rings. The second kappa shape index (κ2) is 9.49. The summed E-state index contributed by atoms with van der Waals surface area (Å²) in [6, 6.07) is -1.02. The molecule has 0 aromatic carbocycles. The average molecular weight is 321 g/mol. The maximum absolute atomic E-state index is 11.5. The van der Waals surface area contributed by atoms with E-state index in [-0.39, 0.29) is 11.7 Å². The molecule has 8 heteroatoms. The summed E-state index contributed by atoms with van der Waals surface area (Å²) in [5, 5.41) is 11.4. The van der Waals surface area contributed by atoms with Crippen molar-refractivity contribution in [3.05, 3.63) is 0 Å². The summed E-state index contributed by atoms with van der Waals surface area (Å²) in [7, 11) is 0. The average Bonchev–Trinajstić information content (AvgIpc) is 2.28. The minimum atomic E-state index is -1.12. The third kappa shape index (κ3) is 12.0. The summed E-state index contributed by atoms with van der Waals surface area (Å²) in [6.07, 6.45) is -0.126. The number of esters is 1. The molecule has 2 N–H and O–H groups in total. The fourth-order valence-corrected chi connectivity index (χ4v) is 2.15. The van der Waals surface area contributed by atoms with Gasteiger partial charge in [0.05, 0.1) is 6.61 Å². The van der Waals surface area contributed by atoms with Crippen LogP contribution in [0.25, 0.3) is 0 Å². The molecule has 0 aromatic rings. The molecule has 0 unspecified atom stereocenters. The van der Waals surface area contributed by atoms with E-state index in [1.165, 1.54) is 18.7 Å². The first-order valence-electron chi connectivity index (χ1n) is 6.55. The second-order valence-electron chi connectivity index (χ2n) is 5.31. The smallest absolute Gasteiger partial charge is 0.408 e. The van der Waals surface area contributed by atoms with Gasteiger partial charge in [-0.05, 0) is 32.9 Å². The molecule has 0 fully saturated rings. The lowest BCUT2D eigenvalue weighted by Gasteiger charge is -2.21. The fourth-order valence-electron chi connectivity index (χ4n) is 1.20. The molecule has 0 aliphatic carbocycles. The Hall–Kier alpha value is -1.44. The first-order valence-corrected chi connectivity index (χ1v) is 7.70. The Labute approximate surface area is 128 Å². The number of hydrogen-bond acceptors (Lipinski definition) is 6. The van der Waals surface area contributed by atoms with Crippen molar-refractivity contribution in [2.24, 2.45) is 0 Å². The van der Waals surface area contributed by atoms with Crippen molar-refractivity contribution in [1.29, 1.82) is 0 Å². The summed E-state index contributed by atoms with van der Waals surface area (Å²) >= 11 is 1.36. The van der Waals surface area contributed by atoms with Gasteiger partial charge >= 0.3 is 18.0 Å². The van der Waals surface area contributed by atoms with Gasteiger partial charge in [-0.25, -0.2) is 9.59 Å². The Morgan fingerprint density at radius 2 is 1.90 bits per heavy atom. The van der Waals surface area contributed by atoms with Crippen LogP contribution >= 0.6 is 11.8 Å². The van der Waals surface area contributed by atoms with Crippen LogP contribution in [0.1, 0.15) is 34.1 Å². The van der Waals surface area contributed by atoms with Crippen LogP contribution in [0.15, 0.2) is 0 Å². The van der Waals surface area contributed by atoms with E-state index in [0.29, 0.717) is 18.8 Å². The lowest BCUT2D eigenvalue weighted by atomic mass is 10.2. The van der Waals surface area contributed by atoms with Crippen LogP contribution in [0.4, 0.5) is 4.79 Å². The number of rotatable bonds is 8. The van der Waals surface area contributed by atoms with Crippen molar-refractivity contribution >= 4 is 29.8 Å². The zero-order chi connectivity index (χ0) is 16.5. The molecule has 0 saturated carbocycles. The normalized spacial score (nSPS) is 12.4. The highest BCUT2D eigenvalue weighted by atomic mass is 32.2. The molecule has 1 amide bonds. The zero-order valence-corrected chi connectivity index (χ0v) is 13.6. The van der Waals surface area contributed by atoms with Gasteiger partial charge in [0.2, 0.25) is 0 Å². The quantitative estimate of drug-likeness (QED) is 0.517. The number of thioether (sulfide) groups is 1. The maximum atomic E-state index is 11.5. The van der Waals surface area contributed by atoms with Gasteiger partial charge in [0, 0.05) is 12.7 Å². The molecule has 7 nitrogen and oxygen atoms in total. The van der Waals surface area contributed by atoms with E-state index >= 15 is 0 Å². The van der Waals surface area contributed by atoms with Gasteiger partial charge in [-0.2, -0.15) is 11.8 Å². The number of carbonyl (C=O) groups excluding carboxylic acids is 2. The van der Waals surface area contributed by atoms with Crippen LogP contribution in [0.3, 0.4) is 0 Å². The Morgan fingerprint density at radius 3 is 2.38 bits per heavy atom. The molecule has 122 valence electrons.